The van der Waals surface area contributed by atoms with Gasteiger partial charge in [-0.2, -0.15) is 0 Å². The average Bonchev–Trinajstić information content (AvgIpc) is 2.16. The fourth-order valence-electron chi connectivity index (χ4n) is 1.49. The molecule has 0 amide bonds. The normalized spacial score (nSPS) is 10.4. The van der Waals surface area contributed by atoms with Crippen molar-refractivity contribution in [1.82, 2.24) is 0 Å². The van der Waals surface area contributed by atoms with E-state index in [1.807, 2.05) is 0 Å². The second kappa shape index (κ2) is 15.3. The SMILES string of the molecule is CCCCCCCCCCC=CN.Cl. The Labute approximate surface area is 95.6 Å². The number of hydrogen-bond acceptors (Lipinski definition) is 1. The summed E-state index contributed by atoms with van der Waals surface area (Å²) in [6.07, 6.45) is 16.0. The number of unbranched alkanes of at least 4 members (excludes halogenated alkanes) is 8. The molecule has 2 heteroatoms. The Balaban J connectivity index is 0. The third kappa shape index (κ3) is 14.4. The van der Waals surface area contributed by atoms with E-state index in [4.69, 9.17) is 5.73 Å². The Kier molecular flexibility index (Phi) is 17.8. The number of halogens is 1. The van der Waals surface area contributed by atoms with E-state index in [1.165, 1.54) is 51.4 Å². The summed E-state index contributed by atoms with van der Waals surface area (Å²) in [5.41, 5.74) is 5.24. The summed E-state index contributed by atoms with van der Waals surface area (Å²) in [6.45, 7) is 2.26. The van der Waals surface area contributed by atoms with Gasteiger partial charge in [0.25, 0.3) is 0 Å². The molecular weight excluding hydrogens is 194 g/mol. The molecule has 0 spiro atoms. The van der Waals surface area contributed by atoms with E-state index in [2.05, 4.69) is 13.0 Å². The minimum atomic E-state index is 0. The van der Waals surface area contributed by atoms with Crippen molar-refractivity contribution >= 4 is 12.4 Å². The molecule has 0 radical (unpaired) electrons. The summed E-state index contributed by atoms with van der Waals surface area (Å²) in [5.74, 6) is 0. The Morgan fingerprint density at radius 2 is 1.36 bits per heavy atom. The molecule has 0 aliphatic heterocycles. The van der Waals surface area contributed by atoms with Gasteiger partial charge in [0, 0.05) is 0 Å². The van der Waals surface area contributed by atoms with Crippen molar-refractivity contribution in [3.63, 3.8) is 0 Å². The van der Waals surface area contributed by atoms with Crippen LogP contribution in [0.4, 0.5) is 0 Å². The zero-order chi connectivity index (χ0) is 9.78. The monoisotopic (exact) mass is 219 g/mol. The molecule has 0 aliphatic carbocycles. The van der Waals surface area contributed by atoms with E-state index in [-0.39, 0.29) is 12.4 Å². The smallest absolute Gasteiger partial charge is 0.0103 e. The quantitative estimate of drug-likeness (QED) is 0.572. The van der Waals surface area contributed by atoms with Gasteiger partial charge in [0.15, 0.2) is 0 Å². The lowest BCUT2D eigenvalue weighted by atomic mass is 10.1. The summed E-state index contributed by atoms with van der Waals surface area (Å²) >= 11 is 0. The van der Waals surface area contributed by atoms with Gasteiger partial charge >= 0.3 is 0 Å². The van der Waals surface area contributed by atoms with Gasteiger partial charge in [0.1, 0.15) is 0 Å². The number of hydrogen-bond donors (Lipinski definition) is 1. The first kappa shape index (κ1) is 16.3. The molecule has 0 aromatic heterocycles. The van der Waals surface area contributed by atoms with Crippen LogP contribution in [0, 0.1) is 0 Å². The van der Waals surface area contributed by atoms with Crippen molar-refractivity contribution in [2.45, 2.75) is 64.7 Å². The first-order valence-electron chi connectivity index (χ1n) is 5.78. The molecule has 0 bridgehead atoms. The lowest BCUT2D eigenvalue weighted by Gasteiger charge is -1.99. The highest BCUT2D eigenvalue weighted by Gasteiger charge is 1.89. The van der Waals surface area contributed by atoms with Crippen molar-refractivity contribution in [3.05, 3.63) is 12.3 Å². The Morgan fingerprint density at radius 1 is 0.857 bits per heavy atom. The van der Waals surface area contributed by atoms with Crippen molar-refractivity contribution in [3.8, 4) is 0 Å². The second-order valence-electron chi connectivity index (χ2n) is 3.69. The molecule has 0 aliphatic rings. The minimum absolute atomic E-state index is 0. The van der Waals surface area contributed by atoms with Gasteiger partial charge in [-0.3, -0.25) is 0 Å². The van der Waals surface area contributed by atoms with E-state index in [0.717, 1.165) is 6.42 Å². The van der Waals surface area contributed by atoms with Crippen LogP contribution >= 0.6 is 12.4 Å². The van der Waals surface area contributed by atoms with Crippen molar-refractivity contribution < 1.29 is 0 Å². The molecule has 0 unspecified atom stereocenters. The van der Waals surface area contributed by atoms with Gasteiger partial charge in [-0.15, -0.1) is 12.4 Å². The van der Waals surface area contributed by atoms with Crippen LogP contribution in [-0.2, 0) is 0 Å². The van der Waals surface area contributed by atoms with E-state index < -0.39 is 0 Å². The van der Waals surface area contributed by atoms with Gasteiger partial charge in [-0.1, -0.05) is 57.9 Å². The first-order valence-corrected chi connectivity index (χ1v) is 5.78. The molecule has 0 aromatic carbocycles. The maximum absolute atomic E-state index is 5.24. The lowest BCUT2D eigenvalue weighted by molar-refractivity contribution is 0.577. The highest BCUT2D eigenvalue weighted by molar-refractivity contribution is 5.85. The van der Waals surface area contributed by atoms with Crippen molar-refractivity contribution in [1.29, 1.82) is 0 Å². The van der Waals surface area contributed by atoms with Crippen molar-refractivity contribution in [2.24, 2.45) is 5.73 Å². The number of allylic oxidation sites excluding steroid dienone is 1. The van der Waals surface area contributed by atoms with Gasteiger partial charge in [-0.05, 0) is 19.0 Å². The molecule has 0 rings (SSSR count). The van der Waals surface area contributed by atoms with Gasteiger partial charge in [-0.25, -0.2) is 0 Å². The van der Waals surface area contributed by atoms with Crippen LogP contribution in [0.15, 0.2) is 12.3 Å². The third-order valence-corrected chi connectivity index (χ3v) is 2.36. The third-order valence-electron chi connectivity index (χ3n) is 2.36. The molecular formula is C12H26ClN. The zero-order valence-corrected chi connectivity index (χ0v) is 10.3. The molecule has 0 saturated carbocycles. The van der Waals surface area contributed by atoms with Crippen LogP contribution in [-0.4, -0.2) is 0 Å². The van der Waals surface area contributed by atoms with E-state index in [9.17, 15) is 0 Å². The highest BCUT2D eigenvalue weighted by atomic mass is 35.5. The Bertz CT molecular complexity index is 113. The van der Waals surface area contributed by atoms with Gasteiger partial charge in [0.2, 0.25) is 0 Å². The summed E-state index contributed by atoms with van der Waals surface area (Å²) in [7, 11) is 0. The van der Waals surface area contributed by atoms with E-state index >= 15 is 0 Å². The molecule has 0 fully saturated rings. The standard InChI is InChI=1S/C12H25N.ClH/c1-2-3-4-5-6-7-8-9-10-11-12-13;/h11-12H,2-10,13H2,1H3;1H. The number of rotatable bonds is 9. The predicted molar refractivity (Wildman–Crippen MR) is 67.8 cm³/mol. The molecule has 1 nitrogen and oxygen atoms in total. The fourth-order valence-corrected chi connectivity index (χ4v) is 1.49. The molecule has 86 valence electrons. The topological polar surface area (TPSA) is 26.0 Å². The molecule has 0 heterocycles. The molecule has 0 saturated heterocycles. The van der Waals surface area contributed by atoms with Crippen LogP contribution in [0.1, 0.15) is 64.7 Å². The Morgan fingerprint density at radius 3 is 1.86 bits per heavy atom. The summed E-state index contributed by atoms with van der Waals surface area (Å²) in [6, 6.07) is 0. The molecule has 14 heavy (non-hydrogen) atoms. The first-order chi connectivity index (χ1) is 6.41. The fraction of sp³-hybridized carbons (Fsp3) is 0.833. The maximum atomic E-state index is 5.24. The summed E-state index contributed by atoms with van der Waals surface area (Å²) in [4.78, 5) is 0. The zero-order valence-electron chi connectivity index (χ0n) is 9.50. The van der Waals surface area contributed by atoms with Gasteiger partial charge in [0.05, 0.1) is 0 Å². The minimum Gasteiger partial charge on any atom is -0.405 e. The highest BCUT2D eigenvalue weighted by Crippen LogP contribution is 2.09. The van der Waals surface area contributed by atoms with Crippen molar-refractivity contribution in [2.75, 3.05) is 0 Å². The second-order valence-corrected chi connectivity index (χ2v) is 3.69. The summed E-state index contributed by atoms with van der Waals surface area (Å²) in [5, 5.41) is 0. The van der Waals surface area contributed by atoms with Crippen LogP contribution in [0.25, 0.3) is 0 Å². The lowest BCUT2D eigenvalue weighted by Crippen LogP contribution is -1.81. The van der Waals surface area contributed by atoms with Crippen LogP contribution in [0.5, 0.6) is 0 Å². The summed E-state index contributed by atoms with van der Waals surface area (Å²) < 4.78 is 0. The predicted octanol–water partition coefficient (Wildman–Crippen LogP) is 4.41. The number of nitrogens with two attached hydrogens (primary N) is 1. The van der Waals surface area contributed by atoms with E-state index in [1.54, 1.807) is 6.20 Å². The van der Waals surface area contributed by atoms with Gasteiger partial charge < -0.3 is 5.73 Å². The largest absolute Gasteiger partial charge is 0.405 e. The average molecular weight is 220 g/mol. The molecule has 0 aromatic rings. The van der Waals surface area contributed by atoms with E-state index in [0.29, 0.717) is 0 Å². The molecule has 2 N–H and O–H groups in total. The maximum Gasteiger partial charge on any atom is -0.0103 e. The van der Waals surface area contributed by atoms with Crippen LogP contribution in [0.2, 0.25) is 0 Å². The Hall–Kier alpha value is -0.170. The van der Waals surface area contributed by atoms with Crippen LogP contribution in [0.3, 0.4) is 0 Å². The molecule has 0 atom stereocenters. The van der Waals surface area contributed by atoms with Crippen LogP contribution < -0.4 is 5.73 Å².